The zero-order valence-corrected chi connectivity index (χ0v) is 12.5. The van der Waals surface area contributed by atoms with Crippen molar-refractivity contribution < 1.29 is 13.2 Å². The van der Waals surface area contributed by atoms with Crippen LogP contribution in [0.2, 0.25) is 0 Å². The van der Waals surface area contributed by atoms with Gasteiger partial charge < -0.3 is 5.32 Å². The fourth-order valence-electron chi connectivity index (χ4n) is 2.56. The maximum Gasteiger partial charge on any atom is 0.275 e. The van der Waals surface area contributed by atoms with Gasteiger partial charge >= 0.3 is 0 Å². The van der Waals surface area contributed by atoms with Gasteiger partial charge in [0.1, 0.15) is 6.54 Å². The number of nitrogens with zero attached hydrogens (tertiary/aromatic N) is 2. The Kier molecular flexibility index (Phi) is 3.69. The molecule has 0 aliphatic carbocycles. The van der Waals surface area contributed by atoms with E-state index in [0.717, 1.165) is 4.68 Å². The summed E-state index contributed by atoms with van der Waals surface area (Å²) in [5.74, 6) is -0.364. The fourth-order valence-corrected chi connectivity index (χ4v) is 4.23. The van der Waals surface area contributed by atoms with Crippen molar-refractivity contribution in [1.82, 2.24) is 15.1 Å². The third-order valence-electron chi connectivity index (χ3n) is 3.65. The van der Waals surface area contributed by atoms with E-state index in [1.807, 2.05) is 0 Å². The topological polar surface area (TPSA) is 98.1 Å². The van der Waals surface area contributed by atoms with Crippen LogP contribution in [0, 0.1) is 0 Å². The first-order valence-corrected chi connectivity index (χ1v) is 8.71. The van der Waals surface area contributed by atoms with E-state index in [2.05, 4.69) is 10.4 Å². The summed E-state index contributed by atoms with van der Waals surface area (Å²) in [6, 6.07) is 6.63. The van der Waals surface area contributed by atoms with Crippen LogP contribution in [-0.4, -0.2) is 41.7 Å². The van der Waals surface area contributed by atoms with Crippen molar-refractivity contribution in [3.8, 4) is 0 Å². The Labute approximate surface area is 126 Å². The molecule has 3 rings (SSSR count). The lowest BCUT2D eigenvalue weighted by molar-refractivity contribution is -0.122. The highest BCUT2D eigenvalue weighted by Gasteiger charge is 2.28. The molecule has 2 heterocycles. The summed E-state index contributed by atoms with van der Waals surface area (Å²) in [5.41, 5.74) is -0.340. The number of nitrogens with one attached hydrogen (secondary N) is 1. The quantitative estimate of drug-likeness (QED) is 0.837. The number of aromatic nitrogens is 2. The lowest BCUT2D eigenvalue weighted by Gasteiger charge is -2.11. The van der Waals surface area contributed by atoms with Crippen LogP contribution < -0.4 is 10.9 Å². The van der Waals surface area contributed by atoms with Gasteiger partial charge in [-0.05, 0) is 12.5 Å². The smallest absolute Gasteiger partial charge is 0.275 e. The van der Waals surface area contributed by atoms with Gasteiger partial charge in [0.05, 0.1) is 23.1 Å². The fraction of sp³-hybridized carbons (Fsp3) is 0.357. The van der Waals surface area contributed by atoms with Crippen LogP contribution >= 0.6 is 0 Å². The van der Waals surface area contributed by atoms with E-state index in [9.17, 15) is 18.0 Å². The van der Waals surface area contributed by atoms with Gasteiger partial charge in [-0.3, -0.25) is 9.59 Å². The van der Waals surface area contributed by atoms with Crippen molar-refractivity contribution >= 4 is 26.5 Å². The second-order valence-corrected chi connectivity index (χ2v) is 7.59. The molecule has 1 aromatic heterocycles. The van der Waals surface area contributed by atoms with Gasteiger partial charge in [0.15, 0.2) is 9.84 Å². The van der Waals surface area contributed by atoms with Crippen LogP contribution in [0.15, 0.2) is 35.3 Å². The van der Waals surface area contributed by atoms with E-state index in [0.29, 0.717) is 17.2 Å². The molecule has 1 aromatic carbocycles. The molecule has 1 fully saturated rings. The summed E-state index contributed by atoms with van der Waals surface area (Å²) in [5, 5.41) is 7.82. The maximum absolute atomic E-state index is 12.2. The standard InChI is InChI=1S/C14H15N3O4S/c18-13(16-11-5-6-22(20,21)9-11)8-17-14(19)12-4-2-1-3-10(12)7-15-17/h1-4,7,11H,5-6,8-9H2,(H,16,18)/t11-/m1/s1. The lowest BCUT2D eigenvalue weighted by Crippen LogP contribution is -2.40. The first-order valence-electron chi connectivity index (χ1n) is 6.89. The van der Waals surface area contributed by atoms with Crippen molar-refractivity contribution in [2.24, 2.45) is 0 Å². The molecule has 116 valence electrons. The van der Waals surface area contributed by atoms with Crippen molar-refractivity contribution in [2.75, 3.05) is 11.5 Å². The molecule has 2 aromatic rings. The molecule has 1 aliphatic heterocycles. The molecular formula is C14H15N3O4S. The van der Waals surface area contributed by atoms with E-state index in [4.69, 9.17) is 0 Å². The van der Waals surface area contributed by atoms with Crippen LogP contribution in [-0.2, 0) is 21.2 Å². The average Bonchev–Trinajstić information content (AvgIpc) is 2.81. The predicted molar refractivity (Wildman–Crippen MR) is 81.2 cm³/mol. The van der Waals surface area contributed by atoms with Gasteiger partial charge in [-0.15, -0.1) is 0 Å². The zero-order valence-electron chi connectivity index (χ0n) is 11.7. The molecule has 1 aliphatic rings. The minimum absolute atomic E-state index is 0.0429. The molecule has 1 N–H and O–H groups in total. The van der Waals surface area contributed by atoms with Gasteiger partial charge in [0.25, 0.3) is 5.56 Å². The van der Waals surface area contributed by atoms with Crippen LogP contribution in [0.4, 0.5) is 0 Å². The van der Waals surface area contributed by atoms with E-state index in [-0.39, 0.29) is 29.7 Å². The molecule has 0 saturated carbocycles. The summed E-state index contributed by atoms with van der Waals surface area (Å²) in [4.78, 5) is 24.2. The number of carbonyl (C=O) groups excluding carboxylic acids is 1. The third kappa shape index (κ3) is 3.01. The molecule has 1 saturated heterocycles. The Morgan fingerprint density at radius 3 is 2.86 bits per heavy atom. The van der Waals surface area contributed by atoms with Crippen molar-refractivity contribution in [3.05, 3.63) is 40.8 Å². The van der Waals surface area contributed by atoms with Crippen molar-refractivity contribution in [2.45, 2.75) is 19.0 Å². The molecule has 7 nitrogen and oxygen atoms in total. The number of sulfone groups is 1. The molecule has 1 atom stereocenters. The number of carbonyl (C=O) groups is 1. The first-order chi connectivity index (χ1) is 10.4. The Hall–Kier alpha value is -2.22. The number of rotatable bonds is 3. The first kappa shape index (κ1) is 14.7. The van der Waals surface area contributed by atoms with Gasteiger partial charge in [0, 0.05) is 11.4 Å². The van der Waals surface area contributed by atoms with Crippen molar-refractivity contribution in [3.63, 3.8) is 0 Å². The van der Waals surface area contributed by atoms with Crippen LogP contribution in [0.3, 0.4) is 0 Å². The minimum Gasteiger partial charge on any atom is -0.351 e. The van der Waals surface area contributed by atoms with E-state index in [1.165, 1.54) is 6.20 Å². The Balaban J connectivity index is 1.75. The largest absolute Gasteiger partial charge is 0.351 e. The second-order valence-electron chi connectivity index (χ2n) is 5.36. The Bertz CT molecular complexity index is 888. The van der Waals surface area contributed by atoms with Gasteiger partial charge in [-0.1, -0.05) is 18.2 Å². The highest BCUT2D eigenvalue weighted by atomic mass is 32.2. The summed E-state index contributed by atoms with van der Waals surface area (Å²) < 4.78 is 23.8. The van der Waals surface area contributed by atoms with Gasteiger partial charge in [-0.2, -0.15) is 5.10 Å². The second kappa shape index (κ2) is 5.53. The van der Waals surface area contributed by atoms with Crippen LogP contribution in [0.5, 0.6) is 0 Å². The van der Waals surface area contributed by atoms with Crippen LogP contribution in [0.1, 0.15) is 6.42 Å². The van der Waals surface area contributed by atoms with E-state index < -0.39 is 15.7 Å². The number of fused-ring (bicyclic) bond motifs is 1. The Morgan fingerprint density at radius 1 is 1.36 bits per heavy atom. The number of hydrogen-bond donors (Lipinski definition) is 1. The summed E-state index contributed by atoms with van der Waals surface area (Å²) in [7, 11) is -3.05. The summed E-state index contributed by atoms with van der Waals surface area (Å²) in [6.45, 7) is -0.222. The molecule has 1 amide bonds. The number of benzene rings is 1. The third-order valence-corrected chi connectivity index (χ3v) is 5.42. The lowest BCUT2D eigenvalue weighted by atomic mass is 10.2. The highest BCUT2D eigenvalue weighted by molar-refractivity contribution is 7.91. The number of hydrogen-bond acceptors (Lipinski definition) is 5. The average molecular weight is 321 g/mol. The molecule has 0 spiro atoms. The summed E-state index contributed by atoms with van der Waals surface area (Å²) >= 11 is 0. The normalized spacial score (nSPS) is 20.1. The molecule has 0 bridgehead atoms. The van der Waals surface area contributed by atoms with Crippen molar-refractivity contribution in [1.29, 1.82) is 0 Å². The van der Waals surface area contributed by atoms with Gasteiger partial charge in [0.2, 0.25) is 5.91 Å². The number of amides is 1. The SMILES string of the molecule is O=C(Cn1ncc2ccccc2c1=O)N[C@@H]1CCS(=O)(=O)C1. The zero-order chi connectivity index (χ0) is 15.7. The molecule has 8 heteroatoms. The predicted octanol–water partition coefficient (Wildman–Crippen LogP) is -0.300. The molecule has 22 heavy (non-hydrogen) atoms. The monoisotopic (exact) mass is 321 g/mol. The van der Waals surface area contributed by atoms with E-state index >= 15 is 0 Å². The molecular weight excluding hydrogens is 306 g/mol. The Morgan fingerprint density at radius 2 is 2.14 bits per heavy atom. The summed E-state index contributed by atoms with van der Waals surface area (Å²) in [6.07, 6.45) is 1.94. The van der Waals surface area contributed by atoms with E-state index in [1.54, 1.807) is 24.3 Å². The van der Waals surface area contributed by atoms with Gasteiger partial charge in [-0.25, -0.2) is 13.1 Å². The minimum atomic E-state index is -3.05. The van der Waals surface area contributed by atoms with Crippen LogP contribution in [0.25, 0.3) is 10.8 Å². The highest BCUT2D eigenvalue weighted by Crippen LogP contribution is 2.11. The molecule has 0 radical (unpaired) electrons. The maximum atomic E-state index is 12.2. The molecule has 0 unspecified atom stereocenters.